The molecule has 180 valence electrons. The van der Waals surface area contributed by atoms with E-state index in [1.165, 1.54) is 17.0 Å². The molecule has 7 nitrogen and oxygen atoms in total. The predicted octanol–water partition coefficient (Wildman–Crippen LogP) is 5.52. The van der Waals surface area contributed by atoms with Crippen LogP contribution in [-0.2, 0) is 13.7 Å². The summed E-state index contributed by atoms with van der Waals surface area (Å²) in [6, 6.07) is 14.7. The first-order valence-electron chi connectivity index (χ1n) is 11.7. The molecule has 8 heteroatoms. The lowest BCUT2D eigenvalue weighted by molar-refractivity contribution is 0.131. The summed E-state index contributed by atoms with van der Waals surface area (Å²) in [6.07, 6.45) is 2.62. The summed E-state index contributed by atoms with van der Waals surface area (Å²) in [7, 11) is 1.87. The molecule has 3 heterocycles. The highest BCUT2D eigenvalue weighted by atomic mass is 19.1. The van der Waals surface area contributed by atoms with Crippen molar-refractivity contribution in [3.8, 4) is 17.1 Å². The molecule has 1 N–H and O–H groups in total. The molecule has 0 radical (unpaired) electrons. The maximum atomic E-state index is 13.5. The lowest BCUT2D eigenvalue weighted by atomic mass is 9.91. The fraction of sp³-hybridized carbons (Fsp3) is 0.296. The largest absolute Gasteiger partial charge is 0.472 e. The van der Waals surface area contributed by atoms with E-state index in [-0.39, 0.29) is 11.7 Å². The van der Waals surface area contributed by atoms with Crippen molar-refractivity contribution < 1.29 is 19.0 Å². The fourth-order valence-electron chi connectivity index (χ4n) is 4.72. The standard InChI is InChI=1S/C27H27FN4O3/c1-17-13-21-14-22(28)7-8-24(21)29-25(17)20-5-3-18(4-6-20)16-35-26-23(15-31(2)30-26)19-9-11-32(12-10-19)27(33)34/h3-8,13-15,19H,9-12,16H2,1-2H3,(H,33,34). The number of hydrogen-bond acceptors (Lipinski definition) is 4. The van der Waals surface area contributed by atoms with Crippen LogP contribution >= 0.6 is 0 Å². The number of benzene rings is 2. The van der Waals surface area contributed by atoms with Gasteiger partial charge in [-0.05, 0) is 61.1 Å². The second-order valence-corrected chi connectivity index (χ2v) is 9.08. The highest BCUT2D eigenvalue weighted by Crippen LogP contribution is 2.34. The Hall–Kier alpha value is -3.94. The van der Waals surface area contributed by atoms with Gasteiger partial charge in [0.2, 0.25) is 5.88 Å². The molecule has 35 heavy (non-hydrogen) atoms. The van der Waals surface area contributed by atoms with Crippen molar-refractivity contribution in [3.63, 3.8) is 0 Å². The number of fused-ring (bicyclic) bond motifs is 1. The lowest BCUT2D eigenvalue weighted by Crippen LogP contribution is -2.36. The average Bonchev–Trinajstić information content (AvgIpc) is 3.23. The number of halogens is 1. The van der Waals surface area contributed by atoms with E-state index in [0.717, 1.165) is 51.7 Å². The zero-order valence-electron chi connectivity index (χ0n) is 19.7. The molecule has 0 bridgehead atoms. The van der Waals surface area contributed by atoms with Crippen LogP contribution in [0.25, 0.3) is 22.2 Å². The maximum absolute atomic E-state index is 13.5. The molecule has 0 unspecified atom stereocenters. The Morgan fingerprint density at radius 2 is 1.89 bits per heavy atom. The number of aromatic nitrogens is 3. The number of hydrogen-bond donors (Lipinski definition) is 1. The zero-order valence-corrected chi connectivity index (χ0v) is 19.7. The first-order valence-corrected chi connectivity index (χ1v) is 11.7. The molecule has 0 spiro atoms. The zero-order chi connectivity index (χ0) is 24.5. The molecule has 0 saturated carbocycles. The van der Waals surface area contributed by atoms with Crippen molar-refractivity contribution in [2.75, 3.05) is 13.1 Å². The SMILES string of the molecule is Cc1cc2cc(F)ccc2nc1-c1ccc(COc2nn(C)cc2C2CCN(C(=O)O)CC2)cc1. The number of aryl methyl sites for hydroxylation is 2. The van der Waals surface area contributed by atoms with Gasteiger partial charge in [0.25, 0.3) is 0 Å². The maximum Gasteiger partial charge on any atom is 0.407 e. The topological polar surface area (TPSA) is 80.5 Å². The van der Waals surface area contributed by atoms with Crippen LogP contribution < -0.4 is 4.74 Å². The van der Waals surface area contributed by atoms with Gasteiger partial charge < -0.3 is 14.7 Å². The molecule has 1 amide bonds. The van der Waals surface area contributed by atoms with E-state index < -0.39 is 6.09 Å². The summed E-state index contributed by atoms with van der Waals surface area (Å²) >= 11 is 0. The number of amides is 1. The molecule has 1 saturated heterocycles. The summed E-state index contributed by atoms with van der Waals surface area (Å²) in [5, 5.41) is 14.5. The number of pyridine rings is 1. The number of rotatable bonds is 5. The van der Waals surface area contributed by atoms with Gasteiger partial charge in [0, 0.05) is 42.8 Å². The Labute approximate surface area is 202 Å². The number of piperidine rings is 1. The normalized spacial score (nSPS) is 14.4. The molecule has 0 aliphatic carbocycles. The monoisotopic (exact) mass is 474 g/mol. The molecule has 4 aromatic rings. The van der Waals surface area contributed by atoms with Gasteiger partial charge >= 0.3 is 6.09 Å². The molecular weight excluding hydrogens is 447 g/mol. The highest BCUT2D eigenvalue weighted by Gasteiger charge is 2.27. The highest BCUT2D eigenvalue weighted by molar-refractivity contribution is 5.83. The second kappa shape index (κ2) is 9.37. The van der Waals surface area contributed by atoms with Crippen LogP contribution in [0.1, 0.15) is 35.4 Å². The van der Waals surface area contributed by atoms with Crippen LogP contribution in [0, 0.1) is 12.7 Å². The molecule has 1 aliphatic heterocycles. The quantitative estimate of drug-likeness (QED) is 0.412. The number of nitrogens with zero attached hydrogens (tertiary/aromatic N) is 4. The Bertz CT molecular complexity index is 1380. The minimum atomic E-state index is -0.863. The smallest absolute Gasteiger partial charge is 0.407 e. The van der Waals surface area contributed by atoms with Crippen molar-refractivity contribution in [1.29, 1.82) is 0 Å². The van der Waals surface area contributed by atoms with E-state index in [4.69, 9.17) is 9.72 Å². The van der Waals surface area contributed by atoms with E-state index >= 15 is 0 Å². The molecular formula is C27H27FN4O3. The van der Waals surface area contributed by atoms with Crippen molar-refractivity contribution in [3.05, 3.63) is 77.2 Å². The van der Waals surface area contributed by atoms with E-state index in [9.17, 15) is 14.3 Å². The molecule has 1 aliphatic rings. The van der Waals surface area contributed by atoms with Crippen LogP contribution in [0.5, 0.6) is 5.88 Å². The molecule has 2 aromatic carbocycles. The number of ether oxygens (including phenoxy) is 1. The number of carbonyl (C=O) groups is 1. The van der Waals surface area contributed by atoms with Gasteiger partial charge in [0.05, 0.1) is 11.2 Å². The third-order valence-corrected chi connectivity index (χ3v) is 6.60. The summed E-state index contributed by atoms with van der Waals surface area (Å²) in [5.74, 6) is 0.564. The molecule has 1 fully saturated rings. The van der Waals surface area contributed by atoms with E-state index in [2.05, 4.69) is 5.10 Å². The van der Waals surface area contributed by atoms with Crippen molar-refractivity contribution >= 4 is 17.0 Å². The van der Waals surface area contributed by atoms with Gasteiger partial charge in [0.1, 0.15) is 12.4 Å². The Morgan fingerprint density at radius 3 is 2.60 bits per heavy atom. The van der Waals surface area contributed by atoms with Crippen LogP contribution in [0.15, 0.2) is 54.7 Å². The Kier molecular flexibility index (Phi) is 6.11. The van der Waals surface area contributed by atoms with Crippen molar-refractivity contribution in [1.82, 2.24) is 19.7 Å². The number of likely N-dealkylation sites (tertiary alicyclic amines) is 1. The van der Waals surface area contributed by atoms with Crippen LogP contribution in [0.3, 0.4) is 0 Å². The number of carboxylic acid groups (broad SMARTS) is 1. The summed E-state index contributed by atoms with van der Waals surface area (Å²) < 4.78 is 21.4. The van der Waals surface area contributed by atoms with Crippen LogP contribution in [-0.4, -0.2) is 44.0 Å². The summed E-state index contributed by atoms with van der Waals surface area (Å²) in [5.41, 5.74) is 5.64. The predicted molar refractivity (Wildman–Crippen MR) is 131 cm³/mol. The third kappa shape index (κ3) is 4.82. The van der Waals surface area contributed by atoms with E-state index in [0.29, 0.717) is 25.6 Å². The second-order valence-electron chi connectivity index (χ2n) is 9.08. The van der Waals surface area contributed by atoms with Crippen LogP contribution in [0.4, 0.5) is 9.18 Å². The first-order chi connectivity index (χ1) is 16.9. The van der Waals surface area contributed by atoms with Gasteiger partial charge in [-0.3, -0.25) is 4.68 Å². The fourth-order valence-corrected chi connectivity index (χ4v) is 4.72. The van der Waals surface area contributed by atoms with Gasteiger partial charge in [-0.15, -0.1) is 5.10 Å². The molecule has 5 rings (SSSR count). The van der Waals surface area contributed by atoms with Gasteiger partial charge in [-0.25, -0.2) is 14.2 Å². The molecule has 0 atom stereocenters. The van der Waals surface area contributed by atoms with Crippen molar-refractivity contribution in [2.45, 2.75) is 32.3 Å². The van der Waals surface area contributed by atoms with Gasteiger partial charge in [0.15, 0.2) is 0 Å². The average molecular weight is 475 g/mol. The van der Waals surface area contributed by atoms with Crippen LogP contribution in [0.2, 0.25) is 0 Å². The minimum Gasteiger partial charge on any atom is -0.472 e. The summed E-state index contributed by atoms with van der Waals surface area (Å²) in [4.78, 5) is 17.4. The first kappa shape index (κ1) is 22.8. The van der Waals surface area contributed by atoms with Crippen molar-refractivity contribution in [2.24, 2.45) is 7.05 Å². The minimum absolute atomic E-state index is 0.229. The Balaban J connectivity index is 1.28. The lowest BCUT2D eigenvalue weighted by Gasteiger charge is -2.29. The third-order valence-electron chi connectivity index (χ3n) is 6.60. The van der Waals surface area contributed by atoms with E-state index in [1.54, 1.807) is 10.7 Å². The van der Waals surface area contributed by atoms with E-state index in [1.807, 2.05) is 50.5 Å². The van der Waals surface area contributed by atoms with Gasteiger partial charge in [-0.1, -0.05) is 24.3 Å². The van der Waals surface area contributed by atoms with Gasteiger partial charge in [-0.2, -0.15) is 0 Å². The Morgan fingerprint density at radius 1 is 1.14 bits per heavy atom. The summed E-state index contributed by atoms with van der Waals surface area (Å²) in [6.45, 7) is 3.40. The molecule has 2 aromatic heterocycles.